The quantitative estimate of drug-likeness (QED) is 0.741. The fourth-order valence-corrected chi connectivity index (χ4v) is 0.921. The average Bonchev–Trinajstić information content (AvgIpc) is 1.78. The maximum Gasteiger partial charge on any atom is 0.573 e. The summed E-state index contributed by atoms with van der Waals surface area (Å²) < 4.78 is 38.7. The Hall–Kier alpha value is -1.39. The highest BCUT2D eigenvalue weighted by Crippen LogP contribution is 2.26. The summed E-state index contributed by atoms with van der Waals surface area (Å²) in [5.74, 6) is -0.663. The van der Waals surface area contributed by atoms with Crippen LogP contribution >= 0.6 is 0 Å². The summed E-state index contributed by atoms with van der Waals surface area (Å²) in [5, 5.41) is 8.94. The molecule has 0 amide bonds. The number of phenols is 1. The Labute approximate surface area is 72.6 Å². The summed E-state index contributed by atoms with van der Waals surface area (Å²) in [6.45, 7) is 1.56. The van der Waals surface area contributed by atoms with Crippen molar-refractivity contribution in [2.45, 2.75) is 13.3 Å². The van der Waals surface area contributed by atoms with Gasteiger partial charge in [-0.05, 0) is 24.6 Å². The lowest BCUT2D eigenvalue weighted by atomic mass is 10.2. The fourth-order valence-electron chi connectivity index (χ4n) is 0.921. The zero-order valence-corrected chi connectivity index (χ0v) is 6.72. The lowest BCUT2D eigenvalue weighted by Gasteiger charge is -2.09. The number of hydrogen-bond acceptors (Lipinski definition) is 2. The van der Waals surface area contributed by atoms with Crippen molar-refractivity contribution < 1.29 is 23.0 Å². The predicted molar refractivity (Wildman–Crippen MR) is 39.5 cm³/mol. The smallest absolute Gasteiger partial charge is 0.508 e. The molecule has 0 saturated heterocycles. The number of benzene rings is 1. The molecule has 1 aromatic carbocycles. The molecule has 1 aromatic rings. The summed E-state index contributed by atoms with van der Waals surface area (Å²) in [7, 11) is 0. The molecule has 0 fully saturated rings. The van der Waals surface area contributed by atoms with E-state index < -0.39 is 12.1 Å². The van der Waals surface area contributed by atoms with Crippen LogP contribution in [0.4, 0.5) is 13.2 Å². The highest BCUT2D eigenvalue weighted by molar-refractivity contribution is 5.36. The van der Waals surface area contributed by atoms with Crippen molar-refractivity contribution in [1.29, 1.82) is 0 Å². The van der Waals surface area contributed by atoms with Gasteiger partial charge in [-0.3, -0.25) is 0 Å². The average molecular weight is 192 g/mol. The van der Waals surface area contributed by atoms with Crippen LogP contribution < -0.4 is 4.74 Å². The number of aromatic hydroxyl groups is 1. The molecule has 1 rings (SSSR count). The number of halogens is 3. The molecule has 1 N–H and O–H groups in total. The molecule has 0 aromatic heterocycles. The molecule has 0 radical (unpaired) electrons. The molecule has 5 heteroatoms. The molecule has 13 heavy (non-hydrogen) atoms. The van der Waals surface area contributed by atoms with Crippen LogP contribution in [0.15, 0.2) is 18.2 Å². The Morgan fingerprint density at radius 2 is 1.85 bits per heavy atom. The summed E-state index contributed by atoms with van der Waals surface area (Å²) in [6, 6.07) is 3.43. The first-order valence-electron chi connectivity index (χ1n) is 3.43. The number of ether oxygens (including phenoxy) is 1. The van der Waals surface area contributed by atoms with Gasteiger partial charge in [0.25, 0.3) is 0 Å². The van der Waals surface area contributed by atoms with E-state index in [4.69, 9.17) is 5.11 Å². The zero-order chi connectivity index (χ0) is 10.1. The molecular formula is C8H7F3O2. The summed E-state index contributed by atoms with van der Waals surface area (Å²) in [5.41, 5.74) is 0.499. The maximum absolute atomic E-state index is 11.7. The van der Waals surface area contributed by atoms with Crippen molar-refractivity contribution in [2.75, 3.05) is 0 Å². The van der Waals surface area contributed by atoms with Gasteiger partial charge in [0.05, 0.1) is 0 Å². The highest BCUT2D eigenvalue weighted by atomic mass is 19.4. The van der Waals surface area contributed by atoms with Crippen LogP contribution in [0.25, 0.3) is 0 Å². The first kappa shape index (κ1) is 9.70. The van der Waals surface area contributed by atoms with Gasteiger partial charge >= 0.3 is 6.36 Å². The third-order valence-corrected chi connectivity index (χ3v) is 1.27. The molecule has 0 aliphatic carbocycles. The minimum atomic E-state index is -4.72. The number of hydrogen-bond donors (Lipinski definition) is 1. The van der Waals surface area contributed by atoms with Crippen LogP contribution in [0.5, 0.6) is 11.5 Å². The van der Waals surface area contributed by atoms with Crippen LogP contribution in [0, 0.1) is 6.92 Å². The minimum Gasteiger partial charge on any atom is -0.508 e. The lowest BCUT2D eigenvalue weighted by molar-refractivity contribution is -0.274. The van der Waals surface area contributed by atoms with E-state index in [0.717, 1.165) is 6.07 Å². The molecule has 0 saturated carbocycles. The summed E-state index contributed by atoms with van der Waals surface area (Å²) in [6.07, 6.45) is -4.72. The first-order valence-corrected chi connectivity index (χ1v) is 3.43. The molecular weight excluding hydrogens is 185 g/mol. The molecule has 0 aliphatic heterocycles. The number of phenolic OH excluding ortho intramolecular Hbond substituents is 1. The van der Waals surface area contributed by atoms with E-state index in [0.29, 0.717) is 5.56 Å². The second-order valence-electron chi connectivity index (χ2n) is 2.55. The predicted octanol–water partition coefficient (Wildman–Crippen LogP) is 2.60. The Balaban J connectivity index is 2.90. The van der Waals surface area contributed by atoms with Gasteiger partial charge in [-0.15, -0.1) is 13.2 Å². The molecule has 2 nitrogen and oxygen atoms in total. The van der Waals surface area contributed by atoms with Crippen molar-refractivity contribution >= 4 is 0 Å². The van der Waals surface area contributed by atoms with E-state index in [1.807, 2.05) is 0 Å². The number of aryl methyl sites for hydroxylation is 1. The van der Waals surface area contributed by atoms with Gasteiger partial charge in [0.1, 0.15) is 11.5 Å². The van der Waals surface area contributed by atoms with Gasteiger partial charge in [-0.1, -0.05) is 0 Å². The number of alkyl halides is 3. The Morgan fingerprint density at radius 3 is 2.31 bits per heavy atom. The molecule has 0 unspecified atom stereocenters. The van der Waals surface area contributed by atoms with E-state index in [1.165, 1.54) is 12.1 Å². The zero-order valence-electron chi connectivity index (χ0n) is 6.72. The Bertz CT molecular complexity index is 286. The van der Waals surface area contributed by atoms with Crippen molar-refractivity contribution in [3.63, 3.8) is 0 Å². The van der Waals surface area contributed by atoms with Crippen LogP contribution in [0.3, 0.4) is 0 Å². The van der Waals surface area contributed by atoms with Gasteiger partial charge in [-0.25, -0.2) is 0 Å². The third-order valence-electron chi connectivity index (χ3n) is 1.27. The monoisotopic (exact) mass is 192 g/mol. The normalized spacial score (nSPS) is 11.4. The topological polar surface area (TPSA) is 29.5 Å². The van der Waals surface area contributed by atoms with Crippen LogP contribution in [0.2, 0.25) is 0 Å². The van der Waals surface area contributed by atoms with E-state index in [1.54, 1.807) is 6.92 Å². The third kappa shape index (κ3) is 3.23. The van der Waals surface area contributed by atoms with Crippen LogP contribution in [-0.4, -0.2) is 11.5 Å². The van der Waals surface area contributed by atoms with Gasteiger partial charge in [-0.2, -0.15) is 0 Å². The van der Waals surface area contributed by atoms with Crippen molar-refractivity contribution in [1.82, 2.24) is 0 Å². The highest BCUT2D eigenvalue weighted by Gasteiger charge is 2.31. The molecule has 0 spiro atoms. The van der Waals surface area contributed by atoms with E-state index in [9.17, 15) is 13.2 Å². The van der Waals surface area contributed by atoms with Crippen LogP contribution in [0.1, 0.15) is 5.56 Å². The molecule has 0 heterocycles. The van der Waals surface area contributed by atoms with Gasteiger partial charge in [0.2, 0.25) is 0 Å². The summed E-state index contributed by atoms with van der Waals surface area (Å²) in [4.78, 5) is 0. The van der Waals surface area contributed by atoms with E-state index >= 15 is 0 Å². The second-order valence-corrected chi connectivity index (χ2v) is 2.55. The maximum atomic E-state index is 11.7. The fraction of sp³-hybridized carbons (Fsp3) is 0.250. The van der Waals surface area contributed by atoms with Crippen molar-refractivity contribution in [3.05, 3.63) is 23.8 Å². The summed E-state index contributed by atoms with van der Waals surface area (Å²) >= 11 is 0. The van der Waals surface area contributed by atoms with Gasteiger partial charge in [0.15, 0.2) is 0 Å². The van der Waals surface area contributed by atoms with Crippen molar-refractivity contribution in [3.8, 4) is 11.5 Å². The Morgan fingerprint density at radius 1 is 1.23 bits per heavy atom. The SMILES string of the molecule is Cc1cc(O)cc(OC(F)(F)F)c1. The first-order chi connectivity index (χ1) is 5.87. The van der Waals surface area contributed by atoms with Crippen LogP contribution in [-0.2, 0) is 0 Å². The van der Waals surface area contributed by atoms with Gasteiger partial charge in [0, 0.05) is 6.07 Å². The minimum absolute atomic E-state index is 0.251. The van der Waals surface area contributed by atoms with E-state index in [2.05, 4.69) is 4.74 Å². The molecule has 0 atom stereocenters. The standard InChI is InChI=1S/C8H7F3O2/c1-5-2-6(12)4-7(3-5)13-8(9,10)11/h2-4,12H,1H3. The van der Waals surface area contributed by atoms with E-state index in [-0.39, 0.29) is 5.75 Å². The molecule has 0 bridgehead atoms. The van der Waals surface area contributed by atoms with Gasteiger partial charge < -0.3 is 9.84 Å². The largest absolute Gasteiger partial charge is 0.573 e. The molecule has 0 aliphatic rings. The number of rotatable bonds is 1. The Kier molecular flexibility index (Phi) is 2.36. The second kappa shape index (κ2) is 3.16. The lowest BCUT2D eigenvalue weighted by Crippen LogP contribution is -2.17. The van der Waals surface area contributed by atoms with Crippen molar-refractivity contribution in [2.24, 2.45) is 0 Å². The molecule has 72 valence electrons.